The number of hydrogen-bond acceptors (Lipinski definition) is 8. The van der Waals surface area contributed by atoms with Crippen LogP contribution in [0.4, 0.5) is 5.69 Å². The maximum absolute atomic E-state index is 13.0. The number of benzene rings is 2. The molecule has 0 radical (unpaired) electrons. The fourth-order valence-electron chi connectivity index (χ4n) is 3.62. The number of ether oxygens (including phenoxy) is 2. The van der Waals surface area contributed by atoms with Crippen LogP contribution in [0.3, 0.4) is 0 Å². The molecular formula is C24H21N5O3S. The Labute approximate surface area is 195 Å². The van der Waals surface area contributed by atoms with Crippen molar-refractivity contribution in [3.63, 3.8) is 0 Å². The van der Waals surface area contributed by atoms with Crippen LogP contribution in [0.5, 0.6) is 11.5 Å². The Balaban J connectivity index is 1.35. The lowest BCUT2D eigenvalue weighted by Gasteiger charge is -2.29. The zero-order valence-electron chi connectivity index (χ0n) is 18.2. The molecule has 166 valence electrons. The van der Waals surface area contributed by atoms with Gasteiger partial charge in [0.15, 0.2) is 11.5 Å². The number of aromatic nitrogens is 4. The van der Waals surface area contributed by atoms with Crippen LogP contribution < -0.4 is 14.4 Å². The number of carbonyl (C=O) groups is 1. The van der Waals surface area contributed by atoms with Gasteiger partial charge in [-0.1, -0.05) is 17.8 Å². The molecule has 0 saturated heterocycles. The average molecular weight is 460 g/mol. The molecule has 4 aromatic rings. The van der Waals surface area contributed by atoms with Gasteiger partial charge in [-0.05, 0) is 48.9 Å². The lowest BCUT2D eigenvalue weighted by atomic mass is 10.1. The summed E-state index contributed by atoms with van der Waals surface area (Å²) >= 11 is 1.36. The first-order valence-corrected chi connectivity index (χ1v) is 11.4. The van der Waals surface area contributed by atoms with Crippen LogP contribution in [-0.4, -0.2) is 51.9 Å². The van der Waals surface area contributed by atoms with Gasteiger partial charge in [0, 0.05) is 11.8 Å². The largest absolute Gasteiger partial charge is 0.497 e. The number of amides is 1. The number of nitrogens with zero attached hydrogens (tertiary/aromatic N) is 5. The van der Waals surface area contributed by atoms with Gasteiger partial charge in [0.1, 0.15) is 29.5 Å². The second kappa shape index (κ2) is 9.03. The molecule has 0 N–H and O–H groups in total. The van der Waals surface area contributed by atoms with Gasteiger partial charge in [0.2, 0.25) is 5.91 Å². The first kappa shape index (κ1) is 21.1. The van der Waals surface area contributed by atoms with E-state index in [-0.39, 0.29) is 11.7 Å². The number of aryl methyl sites for hydroxylation is 1. The zero-order chi connectivity index (χ0) is 22.8. The highest BCUT2D eigenvalue weighted by Crippen LogP contribution is 2.33. The van der Waals surface area contributed by atoms with E-state index in [4.69, 9.17) is 9.47 Å². The van der Waals surface area contributed by atoms with E-state index in [9.17, 15) is 4.79 Å². The van der Waals surface area contributed by atoms with Crippen molar-refractivity contribution in [1.82, 2.24) is 19.9 Å². The minimum absolute atomic E-state index is 0.00214. The van der Waals surface area contributed by atoms with Crippen LogP contribution in [0.2, 0.25) is 0 Å². The highest BCUT2D eigenvalue weighted by molar-refractivity contribution is 8.00. The molecule has 8 nitrogen and oxygen atoms in total. The topological polar surface area (TPSA) is 90.3 Å². The molecule has 0 unspecified atom stereocenters. The number of rotatable bonds is 5. The van der Waals surface area contributed by atoms with Crippen molar-refractivity contribution in [2.24, 2.45) is 0 Å². The summed E-state index contributed by atoms with van der Waals surface area (Å²) in [6.07, 6.45) is 3.18. The van der Waals surface area contributed by atoms with Crippen LogP contribution >= 0.6 is 11.8 Å². The molecule has 33 heavy (non-hydrogen) atoms. The average Bonchev–Trinajstić information content (AvgIpc) is 2.86. The predicted octanol–water partition coefficient (Wildman–Crippen LogP) is 3.92. The molecule has 0 spiro atoms. The van der Waals surface area contributed by atoms with Crippen LogP contribution in [0.25, 0.3) is 22.4 Å². The molecule has 1 amide bonds. The van der Waals surface area contributed by atoms with Crippen LogP contribution in [0, 0.1) is 6.92 Å². The molecule has 5 rings (SSSR count). The highest BCUT2D eigenvalue weighted by Gasteiger charge is 2.24. The van der Waals surface area contributed by atoms with Crippen molar-refractivity contribution in [3.8, 4) is 22.9 Å². The smallest absolute Gasteiger partial charge is 0.237 e. The second-order valence-electron chi connectivity index (χ2n) is 7.49. The van der Waals surface area contributed by atoms with Gasteiger partial charge >= 0.3 is 0 Å². The summed E-state index contributed by atoms with van der Waals surface area (Å²) in [5.41, 5.74) is 3.29. The monoisotopic (exact) mass is 459 g/mol. The van der Waals surface area contributed by atoms with Gasteiger partial charge in [0.05, 0.1) is 30.5 Å². The maximum Gasteiger partial charge on any atom is 0.237 e. The molecule has 0 aliphatic carbocycles. The Morgan fingerprint density at radius 3 is 2.82 bits per heavy atom. The molecule has 1 aliphatic rings. The third kappa shape index (κ3) is 4.31. The summed E-state index contributed by atoms with van der Waals surface area (Å²) in [7, 11) is 1.63. The van der Waals surface area contributed by atoms with Crippen molar-refractivity contribution >= 4 is 34.4 Å². The Morgan fingerprint density at radius 2 is 2.00 bits per heavy atom. The van der Waals surface area contributed by atoms with Gasteiger partial charge in [-0.3, -0.25) is 4.79 Å². The second-order valence-corrected chi connectivity index (χ2v) is 8.46. The number of thioether (sulfide) groups is 1. The molecule has 0 atom stereocenters. The predicted molar refractivity (Wildman–Crippen MR) is 127 cm³/mol. The number of hydrogen-bond donors (Lipinski definition) is 0. The van der Waals surface area contributed by atoms with Crippen molar-refractivity contribution in [2.75, 3.05) is 30.9 Å². The summed E-state index contributed by atoms with van der Waals surface area (Å²) in [5.74, 6) is 2.30. The van der Waals surface area contributed by atoms with E-state index in [2.05, 4.69) is 19.9 Å². The number of anilines is 1. The highest BCUT2D eigenvalue weighted by atomic mass is 32.2. The molecule has 9 heteroatoms. The summed E-state index contributed by atoms with van der Waals surface area (Å²) in [4.78, 5) is 32.6. The van der Waals surface area contributed by atoms with E-state index in [1.165, 1.54) is 18.1 Å². The van der Waals surface area contributed by atoms with E-state index in [1.54, 1.807) is 18.2 Å². The zero-order valence-corrected chi connectivity index (χ0v) is 19.0. The molecule has 0 saturated carbocycles. The molecule has 0 fully saturated rings. The van der Waals surface area contributed by atoms with Crippen LogP contribution in [0.15, 0.2) is 60.0 Å². The Hall–Kier alpha value is -3.72. The van der Waals surface area contributed by atoms with Crippen molar-refractivity contribution in [3.05, 3.63) is 60.6 Å². The first-order valence-electron chi connectivity index (χ1n) is 10.4. The number of methoxy groups -OCH3 is 1. The molecular weight excluding hydrogens is 438 g/mol. The fraction of sp³-hybridized carbons (Fsp3) is 0.208. The summed E-state index contributed by atoms with van der Waals surface area (Å²) < 4.78 is 10.9. The molecule has 0 bridgehead atoms. The summed E-state index contributed by atoms with van der Waals surface area (Å²) in [6, 6.07) is 13.4. The molecule has 2 aromatic heterocycles. The van der Waals surface area contributed by atoms with Gasteiger partial charge < -0.3 is 14.4 Å². The molecule has 3 heterocycles. The van der Waals surface area contributed by atoms with E-state index < -0.39 is 0 Å². The van der Waals surface area contributed by atoms with Crippen LogP contribution in [-0.2, 0) is 4.79 Å². The van der Waals surface area contributed by atoms with Crippen LogP contribution in [0.1, 0.15) is 5.56 Å². The Kier molecular flexibility index (Phi) is 5.78. The van der Waals surface area contributed by atoms with Crippen molar-refractivity contribution < 1.29 is 14.3 Å². The Morgan fingerprint density at radius 1 is 1.15 bits per heavy atom. The standard InChI is InChI=1S/C24H21N5O3S/c1-15-3-8-20-19(11-15)29(9-10-32-20)21(30)13-33-24-18-12-25-22(28-23(18)26-14-27-24)16-4-6-17(31-2)7-5-16/h3-8,11-12,14H,9-10,13H2,1-2H3. The number of carbonyl (C=O) groups excluding carboxylic acids is 1. The third-order valence-electron chi connectivity index (χ3n) is 5.31. The maximum atomic E-state index is 13.0. The first-order chi connectivity index (χ1) is 16.1. The SMILES string of the molecule is COc1ccc(-c2ncc3c(SCC(=O)N4CCOc5ccc(C)cc54)ncnc3n2)cc1. The quantitative estimate of drug-likeness (QED) is 0.328. The summed E-state index contributed by atoms with van der Waals surface area (Å²) in [6.45, 7) is 3.00. The lowest BCUT2D eigenvalue weighted by Crippen LogP contribution is -2.39. The van der Waals surface area contributed by atoms with Gasteiger partial charge in [-0.25, -0.2) is 19.9 Å². The Bertz CT molecular complexity index is 1330. The van der Waals surface area contributed by atoms with E-state index in [0.29, 0.717) is 35.0 Å². The van der Waals surface area contributed by atoms with E-state index in [1.807, 2.05) is 49.4 Å². The molecule has 1 aliphatic heterocycles. The van der Waals surface area contributed by atoms with Gasteiger partial charge in [-0.15, -0.1) is 0 Å². The number of fused-ring (bicyclic) bond motifs is 2. The fourth-order valence-corrected chi connectivity index (χ4v) is 4.45. The normalized spacial score (nSPS) is 12.8. The third-order valence-corrected chi connectivity index (χ3v) is 6.30. The lowest BCUT2D eigenvalue weighted by molar-refractivity contribution is -0.116. The molecule has 2 aromatic carbocycles. The van der Waals surface area contributed by atoms with Gasteiger partial charge in [-0.2, -0.15) is 0 Å². The summed E-state index contributed by atoms with van der Waals surface area (Å²) in [5, 5.41) is 1.39. The minimum Gasteiger partial charge on any atom is -0.497 e. The van der Waals surface area contributed by atoms with Gasteiger partial charge in [0.25, 0.3) is 0 Å². The van der Waals surface area contributed by atoms with E-state index in [0.717, 1.165) is 28.3 Å². The van der Waals surface area contributed by atoms with E-state index >= 15 is 0 Å². The van der Waals surface area contributed by atoms with Crippen molar-refractivity contribution in [2.45, 2.75) is 11.9 Å². The minimum atomic E-state index is -0.00214. The van der Waals surface area contributed by atoms with Crippen molar-refractivity contribution in [1.29, 1.82) is 0 Å².